The predicted octanol–water partition coefficient (Wildman–Crippen LogP) is 1.83. The summed E-state index contributed by atoms with van der Waals surface area (Å²) in [4.78, 5) is 0. The van der Waals surface area contributed by atoms with Crippen LogP contribution in [0.1, 0.15) is 46.5 Å². The van der Waals surface area contributed by atoms with Crippen LogP contribution in [0.15, 0.2) is 0 Å². The molecule has 18 heavy (non-hydrogen) atoms. The first-order valence-electron chi connectivity index (χ1n) is 7.06. The largest absolute Gasteiger partial charge is 0.317 e. The highest BCUT2D eigenvalue weighted by molar-refractivity contribution is 7.89. The minimum atomic E-state index is -3.03. The van der Waals surface area contributed by atoms with Crippen LogP contribution in [-0.2, 0) is 10.0 Å². The molecule has 0 radical (unpaired) electrons. The number of hydrogen-bond donors (Lipinski definition) is 1. The first-order valence-corrected chi connectivity index (χ1v) is 8.67. The number of piperidine rings is 1. The molecule has 1 aliphatic rings. The van der Waals surface area contributed by atoms with E-state index in [1.54, 1.807) is 4.31 Å². The molecular weight excluding hydrogens is 248 g/mol. The van der Waals surface area contributed by atoms with Gasteiger partial charge in [0, 0.05) is 13.1 Å². The van der Waals surface area contributed by atoms with Crippen molar-refractivity contribution in [3.63, 3.8) is 0 Å². The van der Waals surface area contributed by atoms with Crippen molar-refractivity contribution in [1.29, 1.82) is 0 Å². The molecule has 0 aromatic heterocycles. The van der Waals surface area contributed by atoms with Crippen LogP contribution < -0.4 is 5.32 Å². The summed E-state index contributed by atoms with van der Waals surface area (Å²) in [5, 5.41) is 3.24. The Hall–Kier alpha value is -0.130. The van der Waals surface area contributed by atoms with Gasteiger partial charge >= 0.3 is 0 Å². The van der Waals surface area contributed by atoms with Crippen LogP contribution in [0.25, 0.3) is 0 Å². The van der Waals surface area contributed by atoms with Gasteiger partial charge < -0.3 is 5.32 Å². The zero-order valence-electron chi connectivity index (χ0n) is 12.0. The molecule has 1 rings (SSSR count). The molecule has 0 aromatic carbocycles. The molecule has 0 aromatic rings. The summed E-state index contributed by atoms with van der Waals surface area (Å²) in [7, 11) is -3.03. The van der Waals surface area contributed by atoms with Crippen LogP contribution in [0.5, 0.6) is 0 Å². The third-order valence-electron chi connectivity index (χ3n) is 3.65. The van der Waals surface area contributed by atoms with Gasteiger partial charge in [-0.1, -0.05) is 20.8 Å². The predicted molar refractivity (Wildman–Crippen MR) is 76.2 cm³/mol. The van der Waals surface area contributed by atoms with Crippen molar-refractivity contribution in [3.05, 3.63) is 0 Å². The highest BCUT2D eigenvalue weighted by atomic mass is 32.2. The lowest BCUT2D eigenvalue weighted by Crippen LogP contribution is -2.42. The zero-order chi connectivity index (χ0) is 13.6. The van der Waals surface area contributed by atoms with E-state index in [2.05, 4.69) is 26.1 Å². The van der Waals surface area contributed by atoms with Crippen LogP contribution in [0.4, 0.5) is 0 Å². The summed E-state index contributed by atoms with van der Waals surface area (Å²) in [6.45, 7) is 9.69. The van der Waals surface area contributed by atoms with Gasteiger partial charge in [0.2, 0.25) is 10.0 Å². The topological polar surface area (TPSA) is 49.4 Å². The molecule has 1 aliphatic heterocycles. The van der Waals surface area contributed by atoms with Crippen molar-refractivity contribution < 1.29 is 8.42 Å². The maximum atomic E-state index is 12.1. The van der Waals surface area contributed by atoms with E-state index < -0.39 is 10.0 Å². The van der Waals surface area contributed by atoms with E-state index in [0.29, 0.717) is 24.9 Å². The summed E-state index contributed by atoms with van der Waals surface area (Å²) in [6, 6.07) is 0. The molecule has 4 nitrogen and oxygen atoms in total. The smallest absolute Gasteiger partial charge is 0.214 e. The molecule has 0 spiro atoms. The van der Waals surface area contributed by atoms with Gasteiger partial charge in [0.1, 0.15) is 0 Å². The SMILES string of the molecule is CCCNCCCS(=O)(=O)N1CCC(C)(C)CC1. The van der Waals surface area contributed by atoms with Gasteiger partial charge in [-0.25, -0.2) is 12.7 Å². The van der Waals surface area contributed by atoms with E-state index in [-0.39, 0.29) is 5.75 Å². The van der Waals surface area contributed by atoms with Gasteiger partial charge in [-0.2, -0.15) is 0 Å². The van der Waals surface area contributed by atoms with Crippen molar-refractivity contribution >= 4 is 10.0 Å². The number of nitrogens with zero attached hydrogens (tertiary/aromatic N) is 1. The minimum Gasteiger partial charge on any atom is -0.317 e. The fourth-order valence-corrected chi connectivity index (χ4v) is 3.69. The molecule has 0 unspecified atom stereocenters. The normalized spacial score (nSPS) is 21.1. The lowest BCUT2D eigenvalue weighted by atomic mass is 9.83. The average molecular weight is 276 g/mol. The van der Waals surface area contributed by atoms with Crippen LogP contribution in [0.3, 0.4) is 0 Å². The quantitative estimate of drug-likeness (QED) is 0.722. The third-order valence-corrected chi connectivity index (χ3v) is 5.61. The van der Waals surface area contributed by atoms with Crippen LogP contribution in [0.2, 0.25) is 0 Å². The molecule has 1 fully saturated rings. The highest BCUT2D eigenvalue weighted by Crippen LogP contribution is 2.30. The molecule has 0 bridgehead atoms. The number of nitrogens with one attached hydrogen (secondary N) is 1. The van der Waals surface area contributed by atoms with E-state index in [1.807, 2.05) is 0 Å². The van der Waals surface area contributed by atoms with Gasteiger partial charge in [-0.15, -0.1) is 0 Å². The Balaban J connectivity index is 2.31. The van der Waals surface area contributed by atoms with Crippen LogP contribution in [-0.4, -0.2) is 44.7 Å². The van der Waals surface area contributed by atoms with Crippen molar-refractivity contribution in [2.24, 2.45) is 5.41 Å². The Bertz CT molecular complexity index is 329. The summed E-state index contributed by atoms with van der Waals surface area (Å²) in [6.07, 6.45) is 3.75. The van der Waals surface area contributed by atoms with E-state index in [9.17, 15) is 8.42 Å². The first-order chi connectivity index (χ1) is 8.37. The zero-order valence-corrected chi connectivity index (χ0v) is 12.9. The number of sulfonamides is 1. The molecule has 108 valence electrons. The second kappa shape index (κ2) is 6.87. The van der Waals surface area contributed by atoms with E-state index in [0.717, 1.165) is 32.4 Å². The molecule has 0 saturated carbocycles. The molecule has 1 saturated heterocycles. The van der Waals surface area contributed by atoms with E-state index >= 15 is 0 Å². The lowest BCUT2D eigenvalue weighted by Gasteiger charge is -2.36. The Labute approximate surface area is 112 Å². The molecule has 0 aliphatic carbocycles. The van der Waals surface area contributed by atoms with Crippen LogP contribution in [0, 0.1) is 5.41 Å². The van der Waals surface area contributed by atoms with E-state index in [1.165, 1.54) is 0 Å². The Kier molecular flexibility index (Phi) is 6.08. The van der Waals surface area contributed by atoms with E-state index in [4.69, 9.17) is 0 Å². The summed E-state index contributed by atoms with van der Waals surface area (Å²) < 4.78 is 25.9. The van der Waals surface area contributed by atoms with Crippen molar-refractivity contribution in [1.82, 2.24) is 9.62 Å². The van der Waals surface area contributed by atoms with Gasteiger partial charge in [-0.3, -0.25) is 0 Å². The Morgan fingerprint density at radius 2 is 1.78 bits per heavy atom. The molecular formula is C13H28N2O2S. The summed E-state index contributed by atoms with van der Waals surface area (Å²) >= 11 is 0. The second-order valence-corrected chi connectivity index (χ2v) is 8.07. The Morgan fingerprint density at radius 1 is 1.17 bits per heavy atom. The summed E-state index contributed by atoms with van der Waals surface area (Å²) in [5.74, 6) is 0.282. The third kappa shape index (κ3) is 5.24. The van der Waals surface area contributed by atoms with Crippen LogP contribution >= 0.6 is 0 Å². The van der Waals surface area contributed by atoms with Crippen molar-refractivity contribution in [3.8, 4) is 0 Å². The average Bonchev–Trinajstić information content (AvgIpc) is 2.28. The second-order valence-electron chi connectivity index (χ2n) is 5.98. The lowest BCUT2D eigenvalue weighted by molar-refractivity contribution is 0.196. The standard InChI is InChI=1S/C13H28N2O2S/c1-4-8-14-9-5-12-18(16,17)15-10-6-13(2,3)7-11-15/h14H,4-12H2,1-3H3. The van der Waals surface area contributed by atoms with Gasteiger partial charge in [0.25, 0.3) is 0 Å². The van der Waals surface area contributed by atoms with Gasteiger partial charge in [0.05, 0.1) is 5.75 Å². The summed E-state index contributed by atoms with van der Waals surface area (Å²) in [5.41, 5.74) is 0.300. The maximum Gasteiger partial charge on any atom is 0.214 e. The maximum absolute atomic E-state index is 12.1. The first kappa shape index (κ1) is 15.9. The fourth-order valence-electron chi connectivity index (χ4n) is 2.18. The minimum absolute atomic E-state index is 0.282. The van der Waals surface area contributed by atoms with Gasteiger partial charge in [-0.05, 0) is 44.2 Å². The molecule has 1 heterocycles. The van der Waals surface area contributed by atoms with Crippen molar-refractivity contribution in [2.75, 3.05) is 31.9 Å². The molecule has 0 atom stereocenters. The molecule has 0 amide bonds. The Morgan fingerprint density at radius 3 is 2.33 bits per heavy atom. The number of rotatable bonds is 7. The monoisotopic (exact) mass is 276 g/mol. The number of hydrogen-bond acceptors (Lipinski definition) is 3. The molecule has 5 heteroatoms. The van der Waals surface area contributed by atoms with Gasteiger partial charge in [0.15, 0.2) is 0 Å². The highest BCUT2D eigenvalue weighted by Gasteiger charge is 2.31. The molecule has 1 N–H and O–H groups in total. The fraction of sp³-hybridized carbons (Fsp3) is 1.00. The van der Waals surface area contributed by atoms with Crippen molar-refractivity contribution in [2.45, 2.75) is 46.5 Å².